The summed E-state index contributed by atoms with van der Waals surface area (Å²) in [6, 6.07) is 7.29. The zero-order valence-electron chi connectivity index (χ0n) is 9.30. The number of hydrogen-bond acceptors (Lipinski definition) is 3. The van der Waals surface area contributed by atoms with Crippen LogP contribution in [0.15, 0.2) is 24.3 Å². The number of aliphatic hydroxyl groups excluding tert-OH is 1. The third-order valence-corrected chi connectivity index (χ3v) is 3.65. The maximum atomic E-state index is 12.1. The molecule has 1 amide bonds. The van der Waals surface area contributed by atoms with E-state index < -0.39 is 0 Å². The van der Waals surface area contributed by atoms with Crippen molar-refractivity contribution in [2.75, 3.05) is 13.2 Å². The van der Waals surface area contributed by atoms with Crippen LogP contribution in [0.5, 0.6) is 0 Å². The molecule has 0 bridgehead atoms. The summed E-state index contributed by atoms with van der Waals surface area (Å²) in [5.41, 5.74) is 1.67. The number of rotatable bonds is 2. The molecule has 1 aliphatic heterocycles. The summed E-state index contributed by atoms with van der Waals surface area (Å²) in [6.07, 6.45) is 0.276. The Morgan fingerprint density at radius 1 is 1.29 bits per heavy atom. The zero-order chi connectivity index (χ0) is 12.0. The van der Waals surface area contributed by atoms with Gasteiger partial charge in [-0.05, 0) is 5.56 Å². The second kappa shape index (κ2) is 3.67. The van der Waals surface area contributed by atoms with Gasteiger partial charge in [-0.2, -0.15) is 0 Å². The van der Waals surface area contributed by atoms with Crippen molar-refractivity contribution in [1.29, 1.82) is 0 Å². The highest BCUT2D eigenvalue weighted by Crippen LogP contribution is 2.46. The van der Waals surface area contributed by atoms with Crippen LogP contribution in [0, 0.1) is 5.92 Å². The topological polar surface area (TPSA) is 57.6 Å². The third kappa shape index (κ3) is 1.34. The van der Waals surface area contributed by atoms with Crippen molar-refractivity contribution in [3.05, 3.63) is 35.4 Å². The summed E-state index contributed by atoms with van der Waals surface area (Å²) >= 11 is 0. The predicted molar refractivity (Wildman–Crippen MR) is 60.4 cm³/mol. The van der Waals surface area contributed by atoms with Crippen LogP contribution in [-0.2, 0) is 4.79 Å². The van der Waals surface area contributed by atoms with Crippen LogP contribution < -0.4 is 0 Å². The summed E-state index contributed by atoms with van der Waals surface area (Å²) in [5.74, 6) is -0.206. The molecule has 3 rings (SSSR count). The van der Waals surface area contributed by atoms with Crippen molar-refractivity contribution in [1.82, 2.24) is 4.90 Å². The minimum absolute atomic E-state index is 0.0306. The fraction of sp³-hybridized carbons (Fsp3) is 0.385. The molecule has 1 heterocycles. The molecule has 0 spiro atoms. The Morgan fingerprint density at radius 2 is 2.06 bits per heavy atom. The summed E-state index contributed by atoms with van der Waals surface area (Å²) < 4.78 is 0. The zero-order valence-corrected chi connectivity index (χ0v) is 9.30. The minimum atomic E-state index is -0.244. The Kier molecular flexibility index (Phi) is 2.26. The highest BCUT2D eigenvalue weighted by atomic mass is 16.3. The van der Waals surface area contributed by atoms with Gasteiger partial charge in [-0.3, -0.25) is 9.59 Å². The van der Waals surface area contributed by atoms with Crippen molar-refractivity contribution in [2.45, 2.75) is 12.5 Å². The monoisotopic (exact) mass is 231 g/mol. The van der Waals surface area contributed by atoms with Gasteiger partial charge in [-0.15, -0.1) is 0 Å². The van der Waals surface area contributed by atoms with E-state index in [2.05, 4.69) is 0 Å². The number of aliphatic hydroxyl groups is 1. The van der Waals surface area contributed by atoms with Crippen LogP contribution >= 0.6 is 0 Å². The number of benzene rings is 1. The molecule has 1 aromatic rings. The van der Waals surface area contributed by atoms with Gasteiger partial charge in [0, 0.05) is 18.5 Å². The summed E-state index contributed by atoms with van der Waals surface area (Å²) in [4.78, 5) is 25.6. The van der Waals surface area contributed by atoms with E-state index >= 15 is 0 Å². The van der Waals surface area contributed by atoms with E-state index in [0.29, 0.717) is 6.54 Å². The number of carbonyl (C=O) groups is 2. The molecule has 1 saturated heterocycles. The maximum Gasteiger partial charge on any atom is 0.224 e. The highest BCUT2D eigenvalue weighted by molar-refractivity contribution is 6.06. The van der Waals surface area contributed by atoms with E-state index in [0.717, 1.165) is 11.1 Å². The molecule has 0 radical (unpaired) electrons. The van der Waals surface area contributed by atoms with E-state index in [9.17, 15) is 9.59 Å². The van der Waals surface area contributed by atoms with Crippen LogP contribution in [0.25, 0.3) is 0 Å². The Labute approximate surface area is 98.9 Å². The Hall–Kier alpha value is -1.68. The SMILES string of the molecule is O=C1c2ccccc2[C@H]2[C@H]1CC(=O)N2CCO. The maximum absolute atomic E-state index is 12.1. The van der Waals surface area contributed by atoms with E-state index in [4.69, 9.17) is 5.11 Å². The normalized spacial score (nSPS) is 26.3. The molecule has 1 fully saturated rings. The summed E-state index contributed by atoms with van der Waals surface area (Å²) in [7, 11) is 0. The number of amides is 1. The quantitative estimate of drug-likeness (QED) is 0.817. The summed E-state index contributed by atoms with van der Waals surface area (Å²) in [5, 5.41) is 9.00. The molecular weight excluding hydrogens is 218 g/mol. The van der Waals surface area contributed by atoms with Gasteiger partial charge in [0.2, 0.25) is 5.91 Å². The molecule has 1 aromatic carbocycles. The van der Waals surface area contributed by atoms with Gasteiger partial charge >= 0.3 is 0 Å². The number of carbonyl (C=O) groups excluding carboxylic acids is 2. The molecule has 1 N–H and O–H groups in total. The fourth-order valence-corrected chi connectivity index (χ4v) is 2.96. The molecule has 17 heavy (non-hydrogen) atoms. The van der Waals surface area contributed by atoms with Gasteiger partial charge in [-0.1, -0.05) is 24.3 Å². The number of likely N-dealkylation sites (tertiary alicyclic amines) is 1. The lowest BCUT2D eigenvalue weighted by Crippen LogP contribution is -2.30. The number of fused-ring (bicyclic) bond motifs is 3. The average molecular weight is 231 g/mol. The van der Waals surface area contributed by atoms with E-state index in [1.165, 1.54) is 0 Å². The smallest absolute Gasteiger partial charge is 0.224 e. The molecule has 1 aliphatic carbocycles. The van der Waals surface area contributed by atoms with Gasteiger partial charge in [0.25, 0.3) is 0 Å². The van der Waals surface area contributed by atoms with Gasteiger partial charge < -0.3 is 10.0 Å². The van der Waals surface area contributed by atoms with Crippen molar-refractivity contribution < 1.29 is 14.7 Å². The van der Waals surface area contributed by atoms with Crippen LogP contribution in [0.2, 0.25) is 0 Å². The second-order valence-corrected chi connectivity index (χ2v) is 4.52. The van der Waals surface area contributed by atoms with Gasteiger partial charge in [-0.25, -0.2) is 0 Å². The molecular formula is C13H13NO3. The first-order valence-corrected chi connectivity index (χ1v) is 5.77. The largest absolute Gasteiger partial charge is 0.395 e. The van der Waals surface area contributed by atoms with Crippen molar-refractivity contribution in [2.24, 2.45) is 5.92 Å². The first-order valence-electron chi connectivity index (χ1n) is 5.77. The number of nitrogens with zero attached hydrogens (tertiary/aromatic N) is 1. The number of hydrogen-bond donors (Lipinski definition) is 1. The Bertz CT molecular complexity index is 497. The molecule has 4 nitrogen and oxygen atoms in total. The molecule has 0 saturated carbocycles. The van der Waals surface area contributed by atoms with Crippen molar-refractivity contribution in [3.63, 3.8) is 0 Å². The van der Waals surface area contributed by atoms with Crippen molar-refractivity contribution >= 4 is 11.7 Å². The average Bonchev–Trinajstić information content (AvgIpc) is 2.79. The van der Waals surface area contributed by atoms with Crippen LogP contribution in [0.1, 0.15) is 28.4 Å². The standard InChI is InChI=1S/C13H13NO3/c15-6-5-14-11(16)7-10-12(14)8-3-1-2-4-9(8)13(10)17/h1-4,10,12,15H,5-7H2/t10-,12+/m1/s1. The third-order valence-electron chi connectivity index (χ3n) is 3.65. The summed E-state index contributed by atoms with van der Waals surface area (Å²) in [6.45, 7) is 0.243. The van der Waals surface area contributed by atoms with Gasteiger partial charge in [0.05, 0.1) is 18.6 Å². The van der Waals surface area contributed by atoms with Crippen LogP contribution in [0.3, 0.4) is 0 Å². The first-order chi connectivity index (χ1) is 8.24. The number of β-amino-alcohol motifs (C(OH)–C–C–N with tert-alkyl or cyclic N) is 1. The molecule has 88 valence electrons. The molecule has 0 aromatic heterocycles. The lowest BCUT2D eigenvalue weighted by molar-refractivity contribution is -0.129. The highest BCUT2D eigenvalue weighted by Gasteiger charge is 2.49. The lowest BCUT2D eigenvalue weighted by atomic mass is 10.0. The molecule has 2 atom stereocenters. The van der Waals surface area contributed by atoms with Crippen LogP contribution in [0.4, 0.5) is 0 Å². The molecule has 2 aliphatic rings. The van der Waals surface area contributed by atoms with E-state index in [-0.39, 0.29) is 36.7 Å². The predicted octanol–water partition coefficient (Wildman–Crippen LogP) is 0.765. The first kappa shape index (κ1) is 10.5. The fourth-order valence-electron chi connectivity index (χ4n) is 2.96. The van der Waals surface area contributed by atoms with Crippen molar-refractivity contribution in [3.8, 4) is 0 Å². The molecule has 0 unspecified atom stereocenters. The Balaban J connectivity index is 2.06. The lowest BCUT2D eigenvalue weighted by Gasteiger charge is -2.23. The Morgan fingerprint density at radius 3 is 2.82 bits per heavy atom. The number of Topliss-reactive ketones (excluding diaryl/α,β-unsaturated/α-hetero) is 1. The second-order valence-electron chi connectivity index (χ2n) is 4.52. The van der Waals surface area contributed by atoms with Crippen LogP contribution in [-0.4, -0.2) is 34.8 Å². The van der Waals surface area contributed by atoms with E-state index in [1.54, 1.807) is 4.90 Å². The minimum Gasteiger partial charge on any atom is -0.395 e. The molecule has 4 heteroatoms. The number of ketones is 1. The van der Waals surface area contributed by atoms with Gasteiger partial charge in [0.15, 0.2) is 5.78 Å². The van der Waals surface area contributed by atoms with Gasteiger partial charge in [0.1, 0.15) is 0 Å². The van der Waals surface area contributed by atoms with E-state index in [1.807, 2.05) is 24.3 Å².